The van der Waals surface area contributed by atoms with Crippen molar-refractivity contribution in [2.45, 2.75) is 29.8 Å². The Morgan fingerprint density at radius 1 is 1.29 bits per heavy atom. The number of rotatable bonds is 9. The molecule has 1 aromatic carbocycles. The fourth-order valence-electron chi connectivity index (χ4n) is 2.55. The molecule has 1 aliphatic heterocycles. The second-order valence-electron chi connectivity index (χ2n) is 6.23. The minimum absolute atomic E-state index is 0.0660. The van der Waals surface area contributed by atoms with Crippen molar-refractivity contribution >= 4 is 21.6 Å². The van der Waals surface area contributed by atoms with Gasteiger partial charge in [-0.25, -0.2) is 12.8 Å². The third kappa shape index (κ3) is 4.55. The van der Waals surface area contributed by atoms with Gasteiger partial charge in [0.05, 0.1) is 5.69 Å². The van der Waals surface area contributed by atoms with E-state index in [-0.39, 0.29) is 16.3 Å². The molecule has 2 aromatic rings. The number of hydrogen-bond donors (Lipinski definition) is 3. The number of halogens is 1. The van der Waals surface area contributed by atoms with E-state index in [2.05, 4.69) is 31.2 Å². The number of terminal acetylenes is 1. The van der Waals surface area contributed by atoms with Gasteiger partial charge in [0.25, 0.3) is 15.9 Å². The number of nitrogens with one attached hydrogen (secondary N) is 3. The van der Waals surface area contributed by atoms with E-state index in [1.807, 2.05) is 0 Å². The van der Waals surface area contributed by atoms with E-state index in [0.717, 1.165) is 12.3 Å². The number of amides is 1. The Morgan fingerprint density at radius 3 is 2.71 bits per heavy atom. The number of aromatic nitrogens is 1. The summed E-state index contributed by atoms with van der Waals surface area (Å²) >= 11 is 0. The Morgan fingerprint density at radius 2 is 2.04 bits per heavy atom. The van der Waals surface area contributed by atoms with Gasteiger partial charge >= 0.3 is 0 Å². The largest absolute Gasteiger partial charge is 0.356 e. The van der Waals surface area contributed by atoms with Gasteiger partial charge in [-0.3, -0.25) is 9.52 Å². The third-order valence-electron chi connectivity index (χ3n) is 4.19. The van der Waals surface area contributed by atoms with E-state index in [1.54, 1.807) is 0 Å². The minimum Gasteiger partial charge on any atom is -0.356 e. The number of nitrogens with zero attached hydrogens (tertiary/aromatic N) is 2. The molecule has 0 unspecified atom stereocenters. The van der Waals surface area contributed by atoms with Crippen molar-refractivity contribution < 1.29 is 17.6 Å². The number of benzene rings is 1. The lowest BCUT2D eigenvalue weighted by Crippen LogP contribution is -2.28. The molecule has 1 aliphatic rings. The Kier molecular flexibility index (Phi) is 5.46. The molecule has 0 aliphatic carbocycles. The fraction of sp³-hybridized carbons (Fsp3) is 0.278. The van der Waals surface area contributed by atoms with E-state index in [1.165, 1.54) is 24.3 Å². The quantitative estimate of drug-likeness (QED) is 0.559. The molecule has 8 nitrogen and oxygen atoms in total. The Hall–Kier alpha value is -3.19. The van der Waals surface area contributed by atoms with Crippen LogP contribution in [0, 0.1) is 18.2 Å². The fourth-order valence-corrected chi connectivity index (χ4v) is 3.61. The second-order valence-corrected chi connectivity index (χ2v) is 7.91. The standard InChI is InChI=1S/C18H18FN5O3S/c1-2-3-8-18(23-24-18)9-10-20-17(25)16-11-13(12-21-16)28(26,27)22-15-7-5-4-6-14(15)19/h1,4-7,11-12,21-22H,3,8-10H2,(H,20,25). The molecule has 10 heteroatoms. The Balaban J connectivity index is 1.58. The molecule has 146 valence electrons. The number of hydrogen-bond acceptors (Lipinski definition) is 5. The molecule has 0 saturated carbocycles. The van der Waals surface area contributed by atoms with Gasteiger partial charge < -0.3 is 10.3 Å². The summed E-state index contributed by atoms with van der Waals surface area (Å²) in [5.41, 5.74) is -0.617. The maximum Gasteiger partial charge on any atom is 0.267 e. The molecule has 0 saturated heterocycles. The van der Waals surface area contributed by atoms with E-state index >= 15 is 0 Å². The van der Waals surface area contributed by atoms with Crippen molar-refractivity contribution in [3.05, 3.63) is 48.0 Å². The van der Waals surface area contributed by atoms with Gasteiger partial charge in [0.15, 0.2) is 5.66 Å². The summed E-state index contributed by atoms with van der Waals surface area (Å²) in [6.07, 6.45) is 8.09. The van der Waals surface area contributed by atoms with Crippen LogP contribution < -0.4 is 10.0 Å². The monoisotopic (exact) mass is 403 g/mol. The molecule has 0 bridgehead atoms. The van der Waals surface area contributed by atoms with Crippen molar-refractivity contribution in [2.75, 3.05) is 11.3 Å². The Labute approximate surface area is 161 Å². The van der Waals surface area contributed by atoms with Gasteiger partial charge in [0.1, 0.15) is 16.4 Å². The lowest BCUT2D eigenvalue weighted by molar-refractivity contribution is 0.0947. The average molecular weight is 403 g/mol. The van der Waals surface area contributed by atoms with Crippen LogP contribution in [-0.2, 0) is 10.0 Å². The molecule has 0 atom stereocenters. The van der Waals surface area contributed by atoms with E-state index < -0.39 is 27.4 Å². The van der Waals surface area contributed by atoms with Crippen LogP contribution in [0.4, 0.5) is 10.1 Å². The molecule has 1 amide bonds. The first-order valence-electron chi connectivity index (χ1n) is 8.47. The van der Waals surface area contributed by atoms with Crippen molar-refractivity contribution in [3.8, 4) is 12.3 Å². The highest BCUT2D eigenvalue weighted by Crippen LogP contribution is 2.36. The van der Waals surface area contributed by atoms with Crippen LogP contribution in [0.2, 0.25) is 0 Å². The summed E-state index contributed by atoms with van der Waals surface area (Å²) in [6.45, 7) is 0.311. The molecule has 0 radical (unpaired) electrons. The highest BCUT2D eigenvalue weighted by molar-refractivity contribution is 7.92. The molecular weight excluding hydrogens is 385 g/mol. The lowest BCUT2D eigenvalue weighted by Gasteiger charge is -2.09. The number of sulfonamides is 1. The summed E-state index contributed by atoms with van der Waals surface area (Å²) in [7, 11) is -4.04. The first kappa shape index (κ1) is 19.6. The van der Waals surface area contributed by atoms with Crippen LogP contribution in [0.25, 0.3) is 0 Å². The smallest absolute Gasteiger partial charge is 0.267 e. The van der Waals surface area contributed by atoms with Crippen LogP contribution >= 0.6 is 0 Å². The summed E-state index contributed by atoms with van der Waals surface area (Å²) in [4.78, 5) is 14.6. The van der Waals surface area contributed by atoms with E-state index in [4.69, 9.17) is 6.42 Å². The number of anilines is 1. The van der Waals surface area contributed by atoms with Gasteiger partial charge in [0.2, 0.25) is 0 Å². The van der Waals surface area contributed by atoms with Crippen LogP contribution in [0.5, 0.6) is 0 Å². The normalized spacial score (nSPS) is 14.3. The molecule has 28 heavy (non-hydrogen) atoms. The van der Waals surface area contributed by atoms with E-state index in [0.29, 0.717) is 25.8 Å². The van der Waals surface area contributed by atoms with Gasteiger partial charge in [0, 0.05) is 32.0 Å². The molecule has 0 spiro atoms. The predicted molar refractivity (Wildman–Crippen MR) is 101 cm³/mol. The second kappa shape index (κ2) is 7.82. The first-order chi connectivity index (χ1) is 13.4. The number of H-pyrrole nitrogens is 1. The van der Waals surface area contributed by atoms with Crippen molar-refractivity contribution in [2.24, 2.45) is 10.2 Å². The van der Waals surface area contributed by atoms with Crippen molar-refractivity contribution in [1.29, 1.82) is 0 Å². The number of carbonyl (C=O) groups is 1. The van der Waals surface area contributed by atoms with Gasteiger partial charge in [-0.05, 0) is 18.2 Å². The molecular formula is C18H18FN5O3S. The summed E-state index contributed by atoms with van der Waals surface area (Å²) in [5.74, 6) is 1.36. The molecule has 0 fully saturated rings. The van der Waals surface area contributed by atoms with E-state index in [9.17, 15) is 17.6 Å². The van der Waals surface area contributed by atoms with Gasteiger partial charge in [-0.15, -0.1) is 12.3 Å². The molecule has 1 aromatic heterocycles. The zero-order valence-electron chi connectivity index (χ0n) is 14.8. The minimum atomic E-state index is -4.04. The molecule has 2 heterocycles. The molecule has 3 N–H and O–H groups in total. The topological polar surface area (TPSA) is 116 Å². The van der Waals surface area contributed by atoms with Crippen LogP contribution in [0.15, 0.2) is 51.7 Å². The summed E-state index contributed by atoms with van der Waals surface area (Å²) in [5, 5.41) is 10.6. The summed E-state index contributed by atoms with van der Waals surface area (Å²) in [6, 6.07) is 6.58. The van der Waals surface area contributed by atoms with Gasteiger partial charge in [-0.2, -0.15) is 10.2 Å². The maximum atomic E-state index is 13.7. The molecule has 3 rings (SSSR count). The number of aromatic amines is 1. The number of para-hydroxylation sites is 1. The third-order valence-corrected chi connectivity index (χ3v) is 5.54. The lowest BCUT2D eigenvalue weighted by atomic mass is 10.0. The van der Waals surface area contributed by atoms with Crippen molar-refractivity contribution in [1.82, 2.24) is 10.3 Å². The SMILES string of the molecule is C#CCCC1(CCNC(=O)c2cc(S(=O)(=O)Nc3ccccc3F)c[nH]2)N=N1. The first-order valence-corrected chi connectivity index (χ1v) is 9.95. The highest BCUT2D eigenvalue weighted by atomic mass is 32.2. The van der Waals surface area contributed by atoms with Crippen LogP contribution in [0.3, 0.4) is 0 Å². The Bertz CT molecular complexity index is 1050. The van der Waals surface area contributed by atoms with Gasteiger partial charge in [-0.1, -0.05) is 12.1 Å². The zero-order valence-corrected chi connectivity index (χ0v) is 15.6. The predicted octanol–water partition coefficient (Wildman–Crippen LogP) is 2.65. The maximum absolute atomic E-state index is 13.7. The van der Waals surface area contributed by atoms with Crippen molar-refractivity contribution in [3.63, 3.8) is 0 Å². The van der Waals surface area contributed by atoms with Crippen LogP contribution in [-0.4, -0.2) is 31.5 Å². The average Bonchev–Trinajstić information content (AvgIpc) is 3.23. The highest BCUT2D eigenvalue weighted by Gasteiger charge is 2.38. The zero-order chi connectivity index (χ0) is 20.2. The number of carbonyl (C=O) groups excluding carboxylic acids is 1. The summed E-state index contributed by atoms with van der Waals surface area (Å²) < 4.78 is 40.6. The van der Waals surface area contributed by atoms with Crippen LogP contribution in [0.1, 0.15) is 29.8 Å².